The van der Waals surface area contributed by atoms with Gasteiger partial charge in [-0.25, -0.2) is 8.42 Å². The highest BCUT2D eigenvalue weighted by Crippen LogP contribution is 2.17. The highest BCUT2D eigenvalue weighted by molar-refractivity contribution is 7.92. The van der Waals surface area contributed by atoms with Gasteiger partial charge < -0.3 is 9.84 Å². The lowest BCUT2D eigenvalue weighted by Gasteiger charge is -2.19. The van der Waals surface area contributed by atoms with Crippen molar-refractivity contribution < 1.29 is 17.7 Å². The lowest BCUT2D eigenvalue weighted by atomic mass is 10.3. The number of carbonyl (C=O) groups is 1. The van der Waals surface area contributed by atoms with Crippen molar-refractivity contribution in [3.8, 4) is 0 Å². The molecule has 1 aromatic rings. The van der Waals surface area contributed by atoms with Crippen LogP contribution in [0.2, 0.25) is 0 Å². The molecule has 0 bridgehead atoms. The summed E-state index contributed by atoms with van der Waals surface area (Å²) in [6.07, 6.45) is 1.13. The molecule has 0 aromatic carbocycles. The van der Waals surface area contributed by atoms with Crippen LogP contribution in [-0.2, 0) is 14.8 Å². The lowest BCUT2D eigenvalue weighted by molar-refractivity contribution is -0.121. The molecule has 0 aliphatic carbocycles. The summed E-state index contributed by atoms with van der Waals surface area (Å²) in [5, 5.41) is 6.36. The van der Waals surface area contributed by atoms with Gasteiger partial charge >= 0.3 is 0 Å². The molecule has 0 aliphatic heterocycles. The maximum Gasteiger partial charge on any atom is 0.233 e. The molecular weight excluding hydrogens is 270 g/mol. The van der Waals surface area contributed by atoms with Crippen LogP contribution in [0.15, 0.2) is 10.6 Å². The van der Waals surface area contributed by atoms with Crippen molar-refractivity contribution in [3.05, 3.63) is 11.8 Å². The number of hydrogen-bond donors (Lipinski definition) is 1. The third kappa shape index (κ3) is 4.90. The number of nitrogens with one attached hydrogen (secondary N) is 1. The molecule has 1 heterocycles. The van der Waals surface area contributed by atoms with Gasteiger partial charge in [-0.2, -0.15) is 0 Å². The number of carbonyl (C=O) groups excluding carboxylic acids is 1. The third-order valence-electron chi connectivity index (χ3n) is 2.26. The topological polar surface area (TPSA) is 92.5 Å². The Morgan fingerprint density at radius 2 is 2.16 bits per heavy atom. The van der Waals surface area contributed by atoms with Crippen LogP contribution >= 0.6 is 0 Å². The van der Waals surface area contributed by atoms with E-state index >= 15 is 0 Å². The first-order valence-corrected chi connectivity index (χ1v) is 7.75. The fourth-order valence-corrected chi connectivity index (χ4v) is 2.37. The first kappa shape index (κ1) is 15.5. The number of aryl methyl sites for hydroxylation is 1. The smallest absolute Gasteiger partial charge is 0.233 e. The number of aromatic nitrogens is 1. The van der Waals surface area contributed by atoms with Crippen LogP contribution in [0.25, 0.3) is 0 Å². The van der Waals surface area contributed by atoms with Crippen molar-refractivity contribution in [1.82, 2.24) is 10.5 Å². The molecule has 7 nitrogen and oxygen atoms in total. The van der Waals surface area contributed by atoms with Crippen molar-refractivity contribution in [2.24, 2.45) is 0 Å². The Kier molecular flexibility index (Phi) is 4.93. The molecule has 8 heteroatoms. The van der Waals surface area contributed by atoms with Crippen LogP contribution in [0.3, 0.4) is 0 Å². The van der Waals surface area contributed by atoms with Gasteiger partial charge in [0.15, 0.2) is 5.82 Å². The Labute approximate surface area is 113 Å². The number of rotatable bonds is 6. The quantitative estimate of drug-likeness (QED) is 0.830. The minimum atomic E-state index is -3.50. The Bertz CT molecular complexity index is 536. The van der Waals surface area contributed by atoms with Gasteiger partial charge in [0.05, 0.1) is 6.26 Å². The van der Waals surface area contributed by atoms with Crippen LogP contribution in [0.4, 0.5) is 5.82 Å². The molecule has 0 radical (unpaired) electrons. The van der Waals surface area contributed by atoms with Crippen LogP contribution in [0.5, 0.6) is 0 Å². The summed E-state index contributed by atoms with van der Waals surface area (Å²) in [6, 6.07) is 1.54. The predicted octanol–water partition coefficient (Wildman–Crippen LogP) is 0.664. The number of hydrogen-bond acceptors (Lipinski definition) is 5. The highest BCUT2D eigenvalue weighted by atomic mass is 32.2. The van der Waals surface area contributed by atoms with Crippen molar-refractivity contribution in [2.45, 2.75) is 33.2 Å². The van der Waals surface area contributed by atoms with Crippen molar-refractivity contribution in [2.75, 3.05) is 17.1 Å². The van der Waals surface area contributed by atoms with E-state index in [-0.39, 0.29) is 30.7 Å². The normalized spacial score (nSPS) is 11.6. The van der Waals surface area contributed by atoms with Gasteiger partial charge in [-0.15, -0.1) is 0 Å². The summed E-state index contributed by atoms with van der Waals surface area (Å²) >= 11 is 0. The van der Waals surface area contributed by atoms with Gasteiger partial charge in [-0.05, 0) is 20.8 Å². The molecule has 0 spiro atoms. The Balaban J connectivity index is 2.76. The van der Waals surface area contributed by atoms with Crippen LogP contribution in [-0.4, -0.2) is 38.3 Å². The van der Waals surface area contributed by atoms with Gasteiger partial charge in [0.2, 0.25) is 15.9 Å². The average molecular weight is 289 g/mol. The summed E-state index contributed by atoms with van der Waals surface area (Å²) in [4.78, 5) is 11.5. The maximum absolute atomic E-state index is 11.7. The molecule has 0 saturated heterocycles. The SMILES string of the molecule is Cc1cc(N(CCC(=O)NC(C)C)S(C)(=O)=O)no1. The van der Waals surface area contributed by atoms with E-state index in [0.29, 0.717) is 5.76 Å². The molecular formula is C11H19N3O4S. The van der Waals surface area contributed by atoms with Gasteiger partial charge in [0.25, 0.3) is 0 Å². The molecule has 0 unspecified atom stereocenters. The maximum atomic E-state index is 11.7. The van der Waals surface area contributed by atoms with E-state index in [2.05, 4.69) is 10.5 Å². The molecule has 0 aliphatic rings. The Morgan fingerprint density at radius 1 is 1.53 bits per heavy atom. The Hall–Kier alpha value is -1.57. The molecule has 1 N–H and O–H groups in total. The second kappa shape index (κ2) is 6.05. The van der Waals surface area contributed by atoms with Crippen LogP contribution in [0.1, 0.15) is 26.0 Å². The molecule has 0 fully saturated rings. The highest BCUT2D eigenvalue weighted by Gasteiger charge is 2.21. The summed E-state index contributed by atoms with van der Waals surface area (Å²) in [7, 11) is -3.50. The summed E-state index contributed by atoms with van der Waals surface area (Å²) < 4.78 is 29.3. The zero-order valence-electron chi connectivity index (χ0n) is 11.5. The summed E-state index contributed by atoms with van der Waals surface area (Å²) in [5.74, 6) is 0.497. The van der Waals surface area contributed by atoms with E-state index in [9.17, 15) is 13.2 Å². The summed E-state index contributed by atoms with van der Waals surface area (Å²) in [5.41, 5.74) is 0. The minimum absolute atomic E-state index is 0.0217. The van der Waals surface area contributed by atoms with Crippen molar-refractivity contribution in [3.63, 3.8) is 0 Å². The molecule has 1 rings (SSSR count). The zero-order valence-corrected chi connectivity index (χ0v) is 12.3. The van der Waals surface area contributed by atoms with Gasteiger partial charge in [-0.3, -0.25) is 9.10 Å². The van der Waals surface area contributed by atoms with Gasteiger partial charge in [0, 0.05) is 25.1 Å². The Morgan fingerprint density at radius 3 is 2.58 bits per heavy atom. The van der Waals surface area contributed by atoms with Crippen LogP contribution < -0.4 is 9.62 Å². The number of amides is 1. The second-order valence-electron chi connectivity index (χ2n) is 4.60. The molecule has 1 aromatic heterocycles. The fraction of sp³-hybridized carbons (Fsp3) is 0.636. The largest absolute Gasteiger partial charge is 0.360 e. The van der Waals surface area contributed by atoms with E-state index in [1.54, 1.807) is 6.92 Å². The molecule has 0 saturated carbocycles. The lowest BCUT2D eigenvalue weighted by Crippen LogP contribution is -2.36. The van der Waals surface area contributed by atoms with Crippen molar-refractivity contribution in [1.29, 1.82) is 0 Å². The van der Waals surface area contributed by atoms with Gasteiger partial charge in [-0.1, -0.05) is 5.16 Å². The number of nitrogens with zero attached hydrogens (tertiary/aromatic N) is 2. The molecule has 1 amide bonds. The second-order valence-corrected chi connectivity index (χ2v) is 6.51. The van der Waals surface area contributed by atoms with Gasteiger partial charge in [0.1, 0.15) is 5.76 Å². The standard InChI is InChI=1S/C11H19N3O4S/c1-8(2)12-11(15)5-6-14(19(4,16)17)10-7-9(3)18-13-10/h7-8H,5-6H2,1-4H3,(H,12,15). The first-order valence-electron chi connectivity index (χ1n) is 5.90. The predicted molar refractivity (Wildman–Crippen MR) is 71.3 cm³/mol. The minimum Gasteiger partial charge on any atom is -0.360 e. The van der Waals surface area contributed by atoms with Crippen LogP contribution in [0, 0.1) is 6.92 Å². The first-order chi connectivity index (χ1) is 8.70. The fourth-order valence-electron chi connectivity index (χ4n) is 1.52. The molecule has 108 valence electrons. The number of sulfonamides is 1. The zero-order chi connectivity index (χ0) is 14.6. The molecule has 0 atom stereocenters. The third-order valence-corrected chi connectivity index (χ3v) is 3.43. The monoisotopic (exact) mass is 289 g/mol. The van der Waals surface area contributed by atoms with E-state index in [0.717, 1.165) is 10.6 Å². The van der Waals surface area contributed by atoms with E-state index < -0.39 is 10.0 Å². The van der Waals surface area contributed by atoms with E-state index in [4.69, 9.17) is 4.52 Å². The molecule has 19 heavy (non-hydrogen) atoms. The van der Waals surface area contributed by atoms with E-state index in [1.165, 1.54) is 6.07 Å². The number of anilines is 1. The average Bonchev–Trinajstić information content (AvgIpc) is 2.61. The summed E-state index contributed by atoms with van der Waals surface area (Å²) in [6.45, 7) is 5.38. The van der Waals surface area contributed by atoms with Crippen molar-refractivity contribution >= 4 is 21.7 Å². The van der Waals surface area contributed by atoms with E-state index in [1.807, 2.05) is 13.8 Å².